The molecule has 0 amide bonds. The monoisotopic (exact) mass is 291 g/mol. The van der Waals surface area contributed by atoms with Gasteiger partial charge >= 0.3 is 0 Å². The molecule has 1 unspecified atom stereocenters. The molecule has 21 heavy (non-hydrogen) atoms. The number of benzene rings is 1. The number of aliphatic hydroxyl groups excluding tert-OH is 1. The molecule has 2 aliphatic rings. The maximum atomic E-state index is 10.5. The number of nitrogens with zero attached hydrogens (tertiary/aromatic N) is 1. The van der Waals surface area contributed by atoms with Crippen LogP contribution in [-0.2, 0) is 0 Å². The minimum Gasteiger partial charge on any atom is -0.486 e. The lowest BCUT2D eigenvalue weighted by Gasteiger charge is -2.25. The number of fused-ring (bicyclic) bond motifs is 1. The molecule has 1 N–H and O–H groups in total. The Morgan fingerprint density at radius 1 is 1.24 bits per heavy atom. The zero-order chi connectivity index (χ0) is 14.7. The van der Waals surface area contributed by atoms with Crippen molar-refractivity contribution in [2.45, 2.75) is 32.3 Å². The standard InChI is InChI=1S/C17H25NO3/c1-2-7-18(11-13-3-4-13)12-15(19)14-5-6-16-17(10-14)21-9-8-20-16/h5-6,10,13,15,19H,2-4,7-9,11-12H2,1H3. The Balaban J connectivity index is 1.64. The summed E-state index contributed by atoms with van der Waals surface area (Å²) in [5.74, 6) is 2.38. The highest BCUT2D eigenvalue weighted by molar-refractivity contribution is 5.44. The minimum atomic E-state index is -0.467. The van der Waals surface area contributed by atoms with E-state index in [1.54, 1.807) is 0 Å². The van der Waals surface area contributed by atoms with Gasteiger partial charge in [0.1, 0.15) is 13.2 Å². The van der Waals surface area contributed by atoms with E-state index in [0.717, 1.165) is 42.5 Å². The number of aliphatic hydroxyl groups is 1. The summed E-state index contributed by atoms with van der Waals surface area (Å²) in [4.78, 5) is 2.39. The fourth-order valence-corrected chi connectivity index (χ4v) is 2.86. The van der Waals surface area contributed by atoms with E-state index in [4.69, 9.17) is 9.47 Å². The SMILES string of the molecule is CCCN(CC1CC1)CC(O)c1ccc2c(c1)OCCO2. The van der Waals surface area contributed by atoms with Crippen LogP contribution < -0.4 is 9.47 Å². The van der Waals surface area contributed by atoms with E-state index in [1.807, 2.05) is 18.2 Å². The van der Waals surface area contributed by atoms with Gasteiger partial charge in [0.05, 0.1) is 6.10 Å². The van der Waals surface area contributed by atoms with Gasteiger partial charge in [-0.25, -0.2) is 0 Å². The molecule has 0 bridgehead atoms. The Labute approximate surface area is 126 Å². The van der Waals surface area contributed by atoms with Crippen molar-refractivity contribution in [1.82, 2.24) is 4.90 Å². The van der Waals surface area contributed by atoms with Crippen molar-refractivity contribution in [2.75, 3.05) is 32.8 Å². The molecule has 0 saturated heterocycles. The molecule has 1 aliphatic carbocycles. The molecule has 0 spiro atoms. The van der Waals surface area contributed by atoms with Crippen molar-refractivity contribution in [3.05, 3.63) is 23.8 Å². The van der Waals surface area contributed by atoms with Crippen LogP contribution in [0.15, 0.2) is 18.2 Å². The summed E-state index contributed by atoms with van der Waals surface area (Å²) < 4.78 is 11.1. The van der Waals surface area contributed by atoms with E-state index in [9.17, 15) is 5.11 Å². The molecule has 0 aromatic heterocycles. The fraction of sp³-hybridized carbons (Fsp3) is 0.647. The van der Waals surface area contributed by atoms with Gasteiger partial charge in [0, 0.05) is 13.1 Å². The van der Waals surface area contributed by atoms with E-state index in [1.165, 1.54) is 12.8 Å². The maximum absolute atomic E-state index is 10.5. The Kier molecular flexibility index (Phi) is 4.66. The molecule has 1 atom stereocenters. The zero-order valence-corrected chi connectivity index (χ0v) is 12.8. The first-order valence-electron chi connectivity index (χ1n) is 8.06. The lowest BCUT2D eigenvalue weighted by molar-refractivity contribution is 0.109. The average Bonchev–Trinajstić information content (AvgIpc) is 3.31. The molecule has 1 heterocycles. The molecule has 1 aromatic rings. The van der Waals surface area contributed by atoms with E-state index >= 15 is 0 Å². The molecular weight excluding hydrogens is 266 g/mol. The summed E-state index contributed by atoms with van der Waals surface area (Å²) in [6, 6.07) is 5.76. The third-order valence-electron chi connectivity index (χ3n) is 4.14. The van der Waals surface area contributed by atoms with Gasteiger partial charge in [-0.05, 0) is 49.4 Å². The van der Waals surface area contributed by atoms with Gasteiger partial charge in [-0.1, -0.05) is 13.0 Å². The second-order valence-corrected chi connectivity index (χ2v) is 6.12. The molecule has 1 aliphatic heterocycles. The third-order valence-corrected chi connectivity index (χ3v) is 4.14. The van der Waals surface area contributed by atoms with E-state index in [2.05, 4.69) is 11.8 Å². The number of hydrogen-bond acceptors (Lipinski definition) is 4. The van der Waals surface area contributed by atoms with Crippen LogP contribution in [0, 0.1) is 5.92 Å². The maximum Gasteiger partial charge on any atom is 0.161 e. The Morgan fingerprint density at radius 3 is 2.71 bits per heavy atom. The van der Waals surface area contributed by atoms with Gasteiger partial charge in [0.15, 0.2) is 11.5 Å². The summed E-state index contributed by atoms with van der Waals surface area (Å²) in [5, 5.41) is 10.5. The van der Waals surface area contributed by atoms with Crippen LogP contribution in [0.2, 0.25) is 0 Å². The van der Waals surface area contributed by atoms with E-state index in [0.29, 0.717) is 19.8 Å². The summed E-state index contributed by atoms with van der Waals surface area (Å²) in [7, 11) is 0. The summed E-state index contributed by atoms with van der Waals surface area (Å²) in [5.41, 5.74) is 0.913. The quantitative estimate of drug-likeness (QED) is 0.838. The molecule has 116 valence electrons. The second kappa shape index (κ2) is 6.67. The normalized spacial score (nSPS) is 18.8. The van der Waals surface area contributed by atoms with Crippen molar-refractivity contribution >= 4 is 0 Å². The summed E-state index contributed by atoms with van der Waals surface area (Å²) >= 11 is 0. The highest BCUT2D eigenvalue weighted by Gasteiger charge is 2.25. The predicted molar refractivity (Wildman–Crippen MR) is 81.8 cm³/mol. The first-order valence-corrected chi connectivity index (χ1v) is 8.06. The molecular formula is C17H25NO3. The third kappa shape index (κ3) is 3.89. The van der Waals surface area contributed by atoms with Gasteiger partial charge in [0.25, 0.3) is 0 Å². The molecule has 1 saturated carbocycles. The second-order valence-electron chi connectivity index (χ2n) is 6.12. The van der Waals surface area contributed by atoms with Gasteiger partial charge in [-0.3, -0.25) is 0 Å². The molecule has 4 nitrogen and oxygen atoms in total. The smallest absolute Gasteiger partial charge is 0.161 e. The Hall–Kier alpha value is -1.26. The summed E-state index contributed by atoms with van der Waals surface area (Å²) in [6.45, 7) is 6.24. The largest absolute Gasteiger partial charge is 0.486 e. The molecule has 0 radical (unpaired) electrons. The summed E-state index contributed by atoms with van der Waals surface area (Å²) in [6.07, 6.45) is 3.35. The molecule has 1 fully saturated rings. The molecule has 4 heteroatoms. The lowest BCUT2D eigenvalue weighted by atomic mass is 10.1. The highest BCUT2D eigenvalue weighted by Crippen LogP contribution is 2.33. The van der Waals surface area contributed by atoms with Crippen LogP contribution in [0.5, 0.6) is 11.5 Å². The van der Waals surface area contributed by atoms with Crippen molar-refractivity contribution in [2.24, 2.45) is 5.92 Å². The lowest BCUT2D eigenvalue weighted by Crippen LogP contribution is -2.31. The fourth-order valence-electron chi connectivity index (χ4n) is 2.86. The Morgan fingerprint density at radius 2 is 2.00 bits per heavy atom. The number of rotatable bonds is 7. The molecule has 3 rings (SSSR count). The first kappa shape index (κ1) is 14.7. The first-order chi connectivity index (χ1) is 10.3. The Bertz CT molecular complexity index is 473. The van der Waals surface area contributed by atoms with Gasteiger partial charge in [0.2, 0.25) is 0 Å². The van der Waals surface area contributed by atoms with Crippen LogP contribution in [0.25, 0.3) is 0 Å². The van der Waals surface area contributed by atoms with Gasteiger partial charge < -0.3 is 19.5 Å². The topological polar surface area (TPSA) is 41.9 Å². The van der Waals surface area contributed by atoms with Crippen LogP contribution >= 0.6 is 0 Å². The van der Waals surface area contributed by atoms with E-state index < -0.39 is 6.10 Å². The van der Waals surface area contributed by atoms with Crippen molar-refractivity contribution < 1.29 is 14.6 Å². The average molecular weight is 291 g/mol. The van der Waals surface area contributed by atoms with Crippen LogP contribution in [-0.4, -0.2) is 42.9 Å². The van der Waals surface area contributed by atoms with Crippen LogP contribution in [0.3, 0.4) is 0 Å². The van der Waals surface area contributed by atoms with Crippen LogP contribution in [0.4, 0.5) is 0 Å². The van der Waals surface area contributed by atoms with Crippen molar-refractivity contribution in [3.63, 3.8) is 0 Å². The van der Waals surface area contributed by atoms with Crippen LogP contribution in [0.1, 0.15) is 37.9 Å². The number of ether oxygens (including phenoxy) is 2. The number of hydrogen-bond donors (Lipinski definition) is 1. The van der Waals surface area contributed by atoms with Gasteiger partial charge in [-0.2, -0.15) is 0 Å². The van der Waals surface area contributed by atoms with Gasteiger partial charge in [-0.15, -0.1) is 0 Å². The molecule has 1 aromatic carbocycles. The zero-order valence-electron chi connectivity index (χ0n) is 12.8. The van der Waals surface area contributed by atoms with Crippen molar-refractivity contribution in [1.29, 1.82) is 0 Å². The predicted octanol–water partition coefficient (Wildman–Crippen LogP) is 2.61. The highest BCUT2D eigenvalue weighted by atomic mass is 16.6. The van der Waals surface area contributed by atoms with E-state index in [-0.39, 0.29) is 0 Å². The van der Waals surface area contributed by atoms with Crippen molar-refractivity contribution in [3.8, 4) is 11.5 Å². The minimum absolute atomic E-state index is 0.467.